The molecule has 1 saturated carbocycles. The Labute approximate surface area is 93.7 Å². The molecule has 2 rings (SSSR count). The van der Waals surface area contributed by atoms with E-state index in [1.807, 2.05) is 0 Å². The molecule has 0 heterocycles. The van der Waals surface area contributed by atoms with E-state index in [1.165, 1.54) is 50.5 Å². The second-order valence-corrected chi connectivity index (χ2v) is 5.08. The molecule has 1 aliphatic carbocycles. The van der Waals surface area contributed by atoms with Gasteiger partial charge in [-0.2, -0.15) is 0 Å². The van der Waals surface area contributed by atoms with Gasteiger partial charge in [-0.05, 0) is 30.2 Å². The van der Waals surface area contributed by atoms with Crippen LogP contribution in [0.15, 0.2) is 30.3 Å². The molecule has 0 atom stereocenters. The van der Waals surface area contributed by atoms with Crippen molar-refractivity contribution in [1.82, 2.24) is 0 Å². The molecule has 0 nitrogen and oxygen atoms in total. The highest BCUT2D eigenvalue weighted by molar-refractivity contribution is 5.16. The van der Waals surface area contributed by atoms with Crippen molar-refractivity contribution >= 4 is 0 Å². The van der Waals surface area contributed by atoms with Crippen molar-refractivity contribution in [3.05, 3.63) is 35.9 Å². The Morgan fingerprint density at radius 3 is 2.27 bits per heavy atom. The van der Waals surface area contributed by atoms with E-state index in [9.17, 15) is 0 Å². The van der Waals surface area contributed by atoms with E-state index < -0.39 is 0 Å². The molecule has 0 spiro atoms. The molecule has 82 valence electrons. The molecule has 0 aliphatic heterocycles. The van der Waals surface area contributed by atoms with Crippen molar-refractivity contribution in [3.63, 3.8) is 0 Å². The minimum Gasteiger partial charge on any atom is -0.0648 e. The molecule has 0 heteroatoms. The van der Waals surface area contributed by atoms with Gasteiger partial charge in [-0.1, -0.05) is 62.9 Å². The molecule has 0 aromatic heterocycles. The van der Waals surface area contributed by atoms with E-state index in [-0.39, 0.29) is 0 Å². The minimum absolute atomic E-state index is 0.625. The smallest absolute Gasteiger partial charge is 0.0222 e. The molecule has 1 aromatic rings. The van der Waals surface area contributed by atoms with Gasteiger partial charge in [0.15, 0.2) is 0 Å². The molecule has 1 fully saturated rings. The van der Waals surface area contributed by atoms with Crippen molar-refractivity contribution in [2.75, 3.05) is 0 Å². The Hall–Kier alpha value is -0.780. The summed E-state index contributed by atoms with van der Waals surface area (Å²) >= 11 is 0. The van der Waals surface area contributed by atoms with E-state index in [2.05, 4.69) is 37.3 Å². The van der Waals surface area contributed by atoms with Crippen LogP contribution in [-0.2, 0) is 6.42 Å². The first kappa shape index (κ1) is 10.7. The standard InChI is InChI=1S/C15H22/c1-2-15(11-7-4-8-12-15)13-14-9-5-3-6-10-14/h3,5-6,9-10H,2,4,7-8,11-13H2,1H3. The van der Waals surface area contributed by atoms with Crippen LogP contribution in [0.3, 0.4) is 0 Å². The van der Waals surface area contributed by atoms with E-state index >= 15 is 0 Å². The highest BCUT2D eigenvalue weighted by Crippen LogP contribution is 2.41. The summed E-state index contributed by atoms with van der Waals surface area (Å²) in [7, 11) is 0. The fraction of sp³-hybridized carbons (Fsp3) is 0.600. The third-order valence-electron chi connectivity index (χ3n) is 4.09. The Morgan fingerprint density at radius 1 is 1.00 bits per heavy atom. The molecule has 0 radical (unpaired) electrons. The molecule has 1 aliphatic rings. The van der Waals surface area contributed by atoms with Gasteiger partial charge in [0.05, 0.1) is 0 Å². The summed E-state index contributed by atoms with van der Waals surface area (Å²) in [4.78, 5) is 0. The van der Waals surface area contributed by atoms with Crippen LogP contribution in [0.1, 0.15) is 51.0 Å². The van der Waals surface area contributed by atoms with E-state index in [1.54, 1.807) is 0 Å². The lowest BCUT2D eigenvalue weighted by Crippen LogP contribution is -2.25. The lowest BCUT2D eigenvalue weighted by molar-refractivity contribution is 0.179. The van der Waals surface area contributed by atoms with Crippen LogP contribution in [0.4, 0.5) is 0 Å². The summed E-state index contributed by atoms with van der Waals surface area (Å²) in [6.45, 7) is 2.37. The Morgan fingerprint density at radius 2 is 1.67 bits per heavy atom. The molecule has 0 N–H and O–H groups in total. The SMILES string of the molecule is CCC1(Cc2ccccc2)CCCCC1. The zero-order chi connectivity index (χ0) is 10.6. The molecule has 0 saturated heterocycles. The van der Waals surface area contributed by atoms with Gasteiger partial charge in [-0.15, -0.1) is 0 Å². The molecular weight excluding hydrogens is 180 g/mol. The summed E-state index contributed by atoms with van der Waals surface area (Å²) in [6, 6.07) is 11.0. The summed E-state index contributed by atoms with van der Waals surface area (Å²) < 4.78 is 0. The second kappa shape index (κ2) is 4.83. The lowest BCUT2D eigenvalue weighted by atomic mass is 9.69. The molecule has 0 bridgehead atoms. The van der Waals surface area contributed by atoms with Crippen LogP contribution < -0.4 is 0 Å². The maximum atomic E-state index is 2.37. The molecule has 0 amide bonds. The summed E-state index contributed by atoms with van der Waals surface area (Å²) in [5.41, 5.74) is 2.15. The van der Waals surface area contributed by atoms with Crippen molar-refractivity contribution in [2.45, 2.75) is 51.9 Å². The number of rotatable bonds is 3. The first-order valence-corrected chi connectivity index (χ1v) is 6.39. The fourth-order valence-electron chi connectivity index (χ4n) is 2.99. The normalized spacial score (nSPS) is 20.1. The van der Waals surface area contributed by atoms with Crippen molar-refractivity contribution in [2.24, 2.45) is 5.41 Å². The van der Waals surface area contributed by atoms with E-state index in [4.69, 9.17) is 0 Å². The summed E-state index contributed by atoms with van der Waals surface area (Å²) in [5, 5.41) is 0. The highest BCUT2D eigenvalue weighted by atomic mass is 14.3. The first-order valence-electron chi connectivity index (χ1n) is 6.39. The number of benzene rings is 1. The van der Waals surface area contributed by atoms with Gasteiger partial charge in [0.2, 0.25) is 0 Å². The lowest BCUT2D eigenvalue weighted by Gasteiger charge is -2.36. The van der Waals surface area contributed by atoms with Crippen LogP contribution in [0.5, 0.6) is 0 Å². The third-order valence-corrected chi connectivity index (χ3v) is 4.09. The monoisotopic (exact) mass is 202 g/mol. The predicted molar refractivity (Wildman–Crippen MR) is 66.0 cm³/mol. The highest BCUT2D eigenvalue weighted by Gasteiger charge is 2.29. The molecule has 0 unspecified atom stereocenters. The average Bonchev–Trinajstić information content (AvgIpc) is 2.32. The largest absolute Gasteiger partial charge is 0.0648 e. The van der Waals surface area contributed by atoms with Crippen molar-refractivity contribution < 1.29 is 0 Å². The van der Waals surface area contributed by atoms with Gasteiger partial charge in [0.1, 0.15) is 0 Å². The Kier molecular flexibility index (Phi) is 3.45. The number of hydrogen-bond acceptors (Lipinski definition) is 0. The summed E-state index contributed by atoms with van der Waals surface area (Å²) in [6.07, 6.45) is 9.88. The van der Waals surface area contributed by atoms with Crippen molar-refractivity contribution in [3.8, 4) is 0 Å². The van der Waals surface area contributed by atoms with Gasteiger partial charge < -0.3 is 0 Å². The minimum atomic E-state index is 0.625. The van der Waals surface area contributed by atoms with Crippen LogP contribution in [0, 0.1) is 5.41 Å². The Bertz CT molecular complexity index is 280. The van der Waals surface area contributed by atoms with E-state index in [0.717, 1.165) is 0 Å². The van der Waals surface area contributed by atoms with Gasteiger partial charge in [-0.25, -0.2) is 0 Å². The summed E-state index contributed by atoms with van der Waals surface area (Å²) in [5.74, 6) is 0. The maximum Gasteiger partial charge on any atom is -0.0222 e. The van der Waals surface area contributed by atoms with Crippen LogP contribution >= 0.6 is 0 Å². The predicted octanol–water partition coefficient (Wildman–Crippen LogP) is 4.59. The third kappa shape index (κ3) is 2.62. The number of hydrogen-bond donors (Lipinski definition) is 0. The quantitative estimate of drug-likeness (QED) is 0.672. The average molecular weight is 202 g/mol. The zero-order valence-electron chi connectivity index (χ0n) is 9.84. The van der Waals surface area contributed by atoms with Crippen molar-refractivity contribution in [1.29, 1.82) is 0 Å². The van der Waals surface area contributed by atoms with Gasteiger partial charge in [0.25, 0.3) is 0 Å². The zero-order valence-corrected chi connectivity index (χ0v) is 9.84. The second-order valence-electron chi connectivity index (χ2n) is 5.08. The van der Waals surface area contributed by atoms with Gasteiger partial charge in [-0.3, -0.25) is 0 Å². The molecular formula is C15H22. The van der Waals surface area contributed by atoms with Crippen LogP contribution in [-0.4, -0.2) is 0 Å². The van der Waals surface area contributed by atoms with Crippen LogP contribution in [0.2, 0.25) is 0 Å². The Balaban J connectivity index is 2.07. The maximum absolute atomic E-state index is 2.37. The van der Waals surface area contributed by atoms with Gasteiger partial charge >= 0.3 is 0 Å². The molecule has 15 heavy (non-hydrogen) atoms. The van der Waals surface area contributed by atoms with E-state index in [0.29, 0.717) is 5.41 Å². The first-order chi connectivity index (χ1) is 7.35. The topological polar surface area (TPSA) is 0 Å². The molecule has 1 aromatic carbocycles. The van der Waals surface area contributed by atoms with Crippen LogP contribution in [0.25, 0.3) is 0 Å². The fourth-order valence-corrected chi connectivity index (χ4v) is 2.99. The van der Waals surface area contributed by atoms with Gasteiger partial charge in [0, 0.05) is 0 Å².